The van der Waals surface area contributed by atoms with Crippen LogP contribution in [0.1, 0.15) is 91.8 Å². The Labute approximate surface area is 239 Å². The zero-order chi connectivity index (χ0) is 28.1. The number of likely N-dealkylation sites (tertiary alicyclic amines) is 1. The zero-order valence-electron chi connectivity index (χ0n) is 25.7. The van der Waals surface area contributed by atoms with Gasteiger partial charge in [0, 0.05) is 22.4 Å². The molecule has 208 valence electrons. The Morgan fingerprint density at radius 2 is 1.73 bits per heavy atom. The largest absolute Gasteiger partial charge is 0.483 e. The topological polar surface area (TPSA) is 25.4 Å². The minimum absolute atomic E-state index is 0.0105. The van der Waals surface area contributed by atoms with E-state index >= 15 is 0 Å². The maximum atomic E-state index is 7.11. The summed E-state index contributed by atoms with van der Waals surface area (Å²) in [5, 5.41) is 4.27. The van der Waals surface area contributed by atoms with Crippen molar-refractivity contribution in [3.63, 3.8) is 0 Å². The number of fused-ring (bicyclic) bond motifs is 4. The third-order valence-electron chi connectivity index (χ3n) is 11.3. The number of rotatable bonds is 0. The van der Waals surface area contributed by atoms with Crippen molar-refractivity contribution in [3.8, 4) is 5.75 Å². The lowest BCUT2D eigenvalue weighted by Gasteiger charge is -2.64. The number of ether oxygens (including phenoxy) is 1. The smallest absolute Gasteiger partial charge is 0.151 e. The Morgan fingerprint density at radius 1 is 0.950 bits per heavy atom. The molecule has 3 nitrogen and oxygen atoms in total. The van der Waals surface area contributed by atoms with Gasteiger partial charge in [-0.2, -0.15) is 0 Å². The lowest BCUT2D eigenvalue weighted by atomic mass is 9.44. The van der Waals surface area contributed by atoms with E-state index in [1.165, 1.54) is 72.1 Å². The normalized spacial score (nSPS) is 28.2. The van der Waals surface area contributed by atoms with Crippen LogP contribution >= 0.6 is 0 Å². The van der Waals surface area contributed by atoms with E-state index in [9.17, 15) is 0 Å². The Balaban J connectivity index is 0.000000636. The molecular weight excluding hydrogens is 488 g/mol. The Hall–Kier alpha value is -2.91. The first-order valence-corrected chi connectivity index (χ1v) is 15.8. The van der Waals surface area contributed by atoms with Gasteiger partial charge in [-0.15, -0.1) is 0 Å². The maximum absolute atomic E-state index is 7.11. The molecule has 3 aliphatic carbocycles. The maximum Gasteiger partial charge on any atom is 0.151 e. The fraction of sp³-hybridized carbons (Fsp3) is 0.486. The number of likely N-dealkylation sites (N-methyl/N-ethyl adjacent to an activating group) is 1. The highest BCUT2D eigenvalue weighted by atomic mass is 16.5. The van der Waals surface area contributed by atoms with E-state index < -0.39 is 0 Å². The second-order valence-corrected chi connectivity index (χ2v) is 12.6. The molecule has 0 radical (unpaired) electrons. The molecule has 40 heavy (non-hydrogen) atoms. The number of piperidine rings is 1. The van der Waals surface area contributed by atoms with E-state index in [4.69, 9.17) is 9.72 Å². The van der Waals surface area contributed by atoms with Gasteiger partial charge in [-0.3, -0.25) is 0 Å². The van der Waals surface area contributed by atoms with E-state index in [2.05, 4.69) is 69.1 Å². The Kier molecular flexibility index (Phi) is 5.72. The van der Waals surface area contributed by atoms with Crippen molar-refractivity contribution in [2.24, 2.45) is 5.41 Å². The quantitative estimate of drug-likeness (QED) is 0.213. The van der Waals surface area contributed by atoms with Crippen molar-refractivity contribution in [2.75, 3.05) is 13.6 Å². The van der Waals surface area contributed by atoms with Crippen molar-refractivity contribution in [3.05, 3.63) is 81.0 Å². The molecule has 4 atom stereocenters. The number of pyridine rings is 1. The first-order chi connectivity index (χ1) is 19.4. The van der Waals surface area contributed by atoms with Crippen molar-refractivity contribution < 1.29 is 4.74 Å². The monoisotopic (exact) mass is 532 g/mol. The van der Waals surface area contributed by atoms with Crippen LogP contribution in [0, 0.1) is 19.3 Å². The molecule has 5 aliphatic rings. The molecule has 1 saturated heterocycles. The summed E-state index contributed by atoms with van der Waals surface area (Å²) in [6.07, 6.45) is 5.65. The second-order valence-electron chi connectivity index (χ2n) is 12.6. The van der Waals surface area contributed by atoms with Crippen LogP contribution in [0.5, 0.6) is 5.75 Å². The van der Waals surface area contributed by atoms with Gasteiger partial charge in [0.2, 0.25) is 0 Å². The Bertz CT molecular complexity index is 1700. The van der Waals surface area contributed by atoms with E-state index in [0.29, 0.717) is 6.04 Å². The number of hydrogen-bond donors (Lipinski definition) is 0. The predicted octanol–water partition coefficient (Wildman–Crippen LogP) is 8.35. The molecule has 9 rings (SSSR count). The molecule has 3 aromatic carbocycles. The van der Waals surface area contributed by atoms with Crippen molar-refractivity contribution >= 4 is 21.7 Å². The van der Waals surface area contributed by atoms with E-state index in [-0.39, 0.29) is 16.9 Å². The summed E-state index contributed by atoms with van der Waals surface area (Å²) in [5.74, 6) is 1.17. The van der Waals surface area contributed by atoms with Crippen LogP contribution in [0.15, 0.2) is 36.4 Å². The van der Waals surface area contributed by atoms with Crippen LogP contribution in [-0.2, 0) is 31.1 Å². The molecule has 1 aromatic heterocycles. The second kappa shape index (κ2) is 8.79. The van der Waals surface area contributed by atoms with Gasteiger partial charge >= 0.3 is 0 Å². The molecule has 0 amide bonds. The van der Waals surface area contributed by atoms with Gasteiger partial charge in [0.1, 0.15) is 5.75 Å². The summed E-state index contributed by atoms with van der Waals surface area (Å²) in [6.45, 7) is 16.3. The van der Waals surface area contributed by atoms with Crippen LogP contribution in [0.3, 0.4) is 0 Å². The third-order valence-corrected chi connectivity index (χ3v) is 11.3. The minimum atomic E-state index is 0.0105. The van der Waals surface area contributed by atoms with Crippen LogP contribution in [0.25, 0.3) is 21.7 Å². The number of aromatic nitrogens is 1. The fourth-order valence-corrected chi connectivity index (χ4v) is 9.60. The molecule has 2 aliphatic heterocycles. The lowest BCUT2D eigenvalue weighted by Crippen LogP contribution is -2.68. The molecule has 4 aromatic rings. The first kappa shape index (κ1) is 26.0. The van der Waals surface area contributed by atoms with Crippen LogP contribution in [0.4, 0.5) is 0 Å². The highest BCUT2D eigenvalue weighted by molar-refractivity contribution is 6.11. The standard InChI is InChI=1S/C33H32N2O.2C2H6/c1-17-8-9-21-15-25-32(3)16-23-18(2)26-22-7-5-6-19-10-11-20(27(19)22)14-24(26)34-29(23)31-33(32,12-13-35(25)4)28(21)30(17)36-31;2*1-2/h5-9,14,25,31H,10-13,15-16H2,1-4H3;2*1-2H3/t25-,31+,32+,33+;;/m1../s1. The van der Waals surface area contributed by atoms with E-state index in [0.717, 1.165) is 38.6 Å². The molecule has 0 N–H and O–H groups in total. The van der Waals surface area contributed by atoms with Gasteiger partial charge in [-0.1, -0.05) is 65.0 Å². The molecule has 2 bridgehead atoms. The summed E-state index contributed by atoms with van der Waals surface area (Å²) < 4.78 is 7.11. The predicted molar refractivity (Wildman–Crippen MR) is 167 cm³/mol. The molecule has 0 unspecified atom stereocenters. The summed E-state index contributed by atoms with van der Waals surface area (Å²) in [4.78, 5) is 8.20. The fourth-order valence-electron chi connectivity index (χ4n) is 9.60. The van der Waals surface area contributed by atoms with E-state index in [1.54, 1.807) is 0 Å². The highest BCUT2D eigenvalue weighted by Gasteiger charge is 2.70. The Morgan fingerprint density at radius 3 is 2.52 bits per heavy atom. The lowest BCUT2D eigenvalue weighted by molar-refractivity contribution is -0.0910. The van der Waals surface area contributed by atoms with Crippen LogP contribution in [0.2, 0.25) is 0 Å². The van der Waals surface area contributed by atoms with E-state index in [1.807, 2.05) is 27.7 Å². The number of hydrogen-bond acceptors (Lipinski definition) is 3. The van der Waals surface area contributed by atoms with Crippen LogP contribution in [-0.4, -0.2) is 29.5 Å². The van der Waals surface area contributed by atoms with Gasteiger partial charge in [-0.25, -0.2) is 4.98 Å². The summed E-state index contributed by atoms with van der Waals surface area (Å²) in [7, 11) is 2.35. The molecule has 3 heterocycles. The SMILES string of the molecule is CC.CC.Cc1ccc2c3c1O[C@H]1c4nc5cc6c7c(cccc7c5c(C)c4C[C@@]4(C)[C@@H](C2)N(C)CC[C@]314)CC6. The van der Waals surface area contributed by atoms with Gasteiger partial charge in [-0.05, 0) is 110 Å². The summed E-state index contributed by atoms with van der Waals surface area (Å²) >= 11 is 0. The number of nitrogens with zero attached hydrogens (tertiary/aromatic N) is 2. The molecule has 1 spiro atoms. The average molecular weight is 533 g/mol. The van der Waals surface area contributed by atoms with Gasteiger partial charge in [0.15, 0.2) is 6.10 Å². The van der Waals surface area contributed by atoms with Crippen molar-refractivity contribution in [2.45, 2.75) is 98.1 Å². The van der Waals surface area contributed by atoms with Crippen molar-refractivity contribution in [1.82, 2.24) is 9.88 Å². The third kappa shape index (κ3) is 2.88. The average Bonchev–Trinajstić information content (AvgIpc) is 3.55. The molecule has 1 fully saturated rings. The summed E-state index contributed by atoms with van der Waals surface area (Å²) in [5.41, 5.74) is 12.7. The number of benzene rings is 3. The first-order valence-electron chi connectivity index (χ1n) is 15.8. The number of aryl methyl sites for hydroxylation is 4. The molecular formula is C37H44N2O. The highest BCUT2D eigenvalue weighted by Crippen LogP contribution is 2.71. The molecule has 0 saturated carbocycles. The van der Waals surface area contributed by atoms with Gasteiger partial charge in [0.05, 0.1) is 16.6 Å². The summed E-state index contributed by atoms with van der Waals surface area (Å²) in [6, 6.07) is 14.5. The zero-order valence-corrected chi connectivity index (χ0v) is 25.7. The van der Waals surface area contributed by atoms with Crippen molar-refractivity contribution in [1.29, 1.82) is 0 Å². The minimum Gasteiger partial charge on any atom is -0.483 e. The molecule has 3 heteroatoms. The van der Waals surface area contributed by atoms with Gasteiger partial charge in [0.25, 0.3) is 0 Å². The van der Waals surface area contributed by atoms with Crippen LogP contribution < -0.4 is 4.74 Å². The van der Waals surface area contributed by atoms with Gasteiger partial charge < -0.3 is 9.64 Å².